The molecule has 1 heterocycles. The second kappa shape index (κ2) is 4.63. The molecule has 2 fully saturated rings. The second-order valence-electron chi connectivity index (χ2n) is 4.89. The molecule has 2 rings (SSSR count). The van der Waals surface area contributed by atoms with Gasteiger partial charge in [-0.3, -0.25) is 0 Å². The summed E-state index contributed by atoms with van der Waals surface area (Å²) >= 11 is 0. The van der Waals surface area contributed by atoms with Gasteiger partial charge in [0.05, 0.1) is 0 Å². The highest BCUT2D eigenvalue weighted by atomic mass is 16.5. The molecule has 1 saturated heterocycles. The van der Waals surface area contributed by atoms with Crippen molar-refractivity contribution in [3.8, 4) is 0 Å². The third kappa shape index (κ3) is 1.96. The van der Waals surface area contributed by atoms with Crippen LogP contribution in [0.3, 0.4) is 0 Å². The van der Waals surface area contributed by atoms with Gasteiger partial charge in [-0.25, -0.2) is 0 Å². The van der Waals surface area contributed by atoms with Crippen LogP contribution >= 0.6 is 0 Å². The molecule has 2 heteroatoms. The highest BCUT2D eigenvalue weighted by Gasteiger charge is 2.44. The Bertz CT molecular complexity index is 171. The van der Waals surface area contributed by atoms with Crippen molar-refractivity contribution in [3.05, 3.63) is 0 Å². The van der Waals surface area contributed by atoms with Crippen molar-refractivity contribution in [1.82, 2.24) is 5.32 Å². The standard InChI is InChI=1S/C12H23NO/c1-2-14-8-7-12(9-13-10-12)11-5-3-4-6-11/h11,13H,2-10H2,1H3. The van der Waals surface area contributed by atoms with Gasteiger partial charge in [0.25, 0.3) is 0 Å². The first-order chi connectivity index (χ1) is 6.87. The SMILES string of the molecule is CCOCCC1(C2CCCC2)CNC1. The van der Waals surface area contributed by atoms with Crippen molar-refractivity contribution >= 4 is 0 Å². The summed E-state index contributed by atoms with van der Waals surface area (Å²) in [6.45, 7) is 6.40. The van der Waals surface area contributed by atoms with Gasteiger partial charge in [0.2, 0.25) is 0 Å². The van der Waals surface area contributed by atoms with Crippen molar-refractivity contribution in [2.24, 2.45) is 11.3 Å². The topological polar surface area (TPSA) is 21.3 Å². The quantitative estimate of drug-likeness (QED) is 0.682. The third-order valence-electron chi connectivity index (χ3n) is 4.12. The number of ether oxygens (including phenoxy) is 1. The summed E-state index contributed by atoms with van der Waals surface area (Å²) in [5.74, 6) is 0.990. The van der Waals surface area contributed by atoms with Crippen LogP contribution in [-0.4, -0.2) is 26.3 Å². The Morgan fingerprint density at radius 2 is 2.00 bits per heavy atom. The summed E-state index contributed by atoms with van der Waals surface area (Å²) < 4.78 is 5.50. The minimum Gasteiger partial charge on any atom is -0.382 e. The van der Waals surface area contributed by atoms with Crippen molar-refractivity contribution in [2.45, 2.75) is 39.0 Å². The van der Waals surface area contributed by atoms with E-state index in [1.165, 1.54) is 45.2 Å². The zero-order valence-electron chi connectivity index (χ0n) is 9.35. The van der Waals surface area contributed by atoms with Crippen LogP contribution in [0.5, 0.6) is 0 Å². The van der Waals surface area contributed by atoms with Crippen LogP contribution in [0.2, 0.25) is 0 Å². The predicted octanol–water partition coefficient (Wildman–Crippen LogP) is 2.19. The summed E-state index contributed by atoms with van der Waals surface area (Å²) in [4.78, 5) is 0. The van der Waals surface area contributed by atoms with Gasteiger partial charge in [0.1, 0.15) is 0 Å². The summed E-state index contributed by atoms with van der Waals surface area (Å²) in [5, 5.41) is 3.45. The van der Waals surface area contributed by atoms with Crippen LogP contribution in [-0.2, 0) is 4.74 Å². The molecular weight excluding hydrogens is 174 g/mol. The van der Waals surface area contributed by atoms with Crippen LogP contribution in [0.25, 0.3) is 0 Å². The lowest BCUT2D eigenvalue weighted by atomic mass is 9.68. The molecule has 1 saturated carbocycles. The molecule has 1 aliphatic heterocycles. The minimum absolute atomic E-state index is 0.617. The van der Waals surface area contributed by atoms with E-state index < -0.39 is 0 Å². The highest BCUT2D eigenvalue weighted by molar-refractivity contribution is 4.98. The Morgan fingerprint density at radius 1 is 1.29 bits per heavy atom. The largest absolute Gasteiger partial charge is 0.382 e. The maximum absolute atomic E-state index is 5.50. The van der Waals surface area contributed by atoms with E-state index in [4.69, 9.17) is 4.74 Å². The number of hydrogen-bond donors (Lipinski definition) is 1. The lowest BCUT2D eigenvalue weighted by molar-refractivity contribution is 0.0267. The summed E-state index contributed by atoms with van der Waals surface area (Å²) in [7, 11) is 0. The molecule has 0 spiro atoms. The van der Waals surface area contributed by atoms with Crippen LogP contribution in [0.15, 0.2) is 0 Å². The van der Waals surface area contributed by atoms with E-state index in [1.807, 2.05) is 0 Å². The van der Waals surface area contributed by atoms with Gasteiger partial charge in [-0.05, 0) is 32.1 Å². The summed E-state index contributed by atoms with van der Waals surface area (Å²) in [5.41, 5.74) is 0.617. The second-order valence-corrected chi connectivity index (χ2v) is 4.89. The normalized spacial score (nSPS) is 26.4. The van der Waals surface area contributed by atoms with E-state index in [-0.39, 0.29) is 0 Å². The molecule has 0 aromatic rings. The lowest BCUT2D eigenvalue weighted by Crippen LogP contribution is -2.57. The van der Waals surface area contributed by atoms with Gasteiger partial charge in [-0.2, -0.15) is 0 Å². The first kappa shape index (κ1) is 10.4. The molecule has 0 radical (unpaired) electrons. The van der Waals surface area contributed by atoms with Gasteiger partial charge in [0.15, 0.2) is 0 Å². The smallest absolute Gasteiger partial charge is 0.0472 e. The Balaban J connectivity index is 1.82. The van der Waals surface area contributed by atoms with Gasteiger partial charge in [-0.15, -0.1) is 0 Å². The Morgan fingerprint density at radius 3 is 2.50 bits per heavy atom. The van der Waals surface area contributed by atoms with Crippen LogP contribution < -0.4 is 5.32 Å². The van der Waals surface area contributed by atoms with Crippen molar-refractivity contribution in [1.29, 1.82) is 0 Å². The molecule has 0 amide bonds. The van der Waals surface area contributed by atoms with E-state index in [2.05, 4.69) is 12.2 Å². The molecule has 2 aliphatic rings. The van der Waals surface area contributed by atoms with Crippen molar-refractivity contribution in [2.75, 3.05) is 26.3 Å². The molecule has 0 aromatic carbocycles. The molecule has 1 N–H and O–H groups in total. The Labute approximate surface area is 87.4 Å². The number of hydrogen-bond acceptors (Lipinski definition) is 2. The van der Waals surface area contributed by atoms with Gasteiger partial charge < -0.3 is 10.1 Å². The maximum atomic E-state index is 5.50. The molecule has 1 aliphatic carbocycles. The van der Waals surface area contributed by atoms with Crippen molar-refractivity contribution < 1.29 is 4.74 Å². The van der Waals surface area contributed by atoms with Crippen LogP contribution in [0, 0.1) is 11.3 Å². The zero-order chi connectivity index (χ0) is 9.86. The first-order valence-corrected chi connectivity index (χ1v) is 6.16. The summed E-state index contributed by atoms with van der Waals surface area (Å²) in [6.07, 6.45) is 7.13. The molecule has 0 unspecified atom stereocenters. The summed E-state index contributed by atoms with van der Waals surface area (Å²) in [6, 6.07) is 0. The first-order valence-electron chi connectivity index (χ1n) is 6.16. The fourth-order valence-electron chi connectivity index (χ4n) is 3.07. The molecule has 14 heavy (non-hydrogen) atoms. The number of nitrogens with one attached hydrogen (secondary N) is 1. The van der Waals surface area contributed by atoms with Gasteiger partial charge in [-0.1, -0.05) is 12.8 Å². The van der Waals surface area contributed by atoms with E-state index in [0.29, 0.717) is 5.41 Å². The maximum Gasteiger partial charge on any atom is 0.0472 e. The van der Waals surface area contributed by atoms with E-state index >= 15 is 0 Å². The average Bonchev–Trinajstić information content (AvgIpc) is 2.62. The van der Waals surface area contributed by atoms with Gasteiger partial charge in [0, 0.05) is 31.7 Å². The van der Waals surface area contributed by atoms with E-state index in [0.717, 1.165) is 19.1 Å². The highest BCUT2D eigenvalue weighted by Crippen LogP contribution is 2.44. The molecule has 0 aromatic heterocycles. The molecule has 0 bridgehead atoms. The fourth-order valence-corrected chi connectivity index (χ4v) is 3.07. The Hall–Kier alpha value is -0.0800. The van der Waals surface area contributed by atoms with Gasteiger partial charge >= 0.3 is 0 Å². The van der Waals surface area contributed by atoms with E-state index in [1.54, 1.807) is 0 Å². The van der Waals surface area contributed by atoms with E-state index in [9.17, 15) is 0 Å². The average molecular weight is 197 g/mol. The fraction of sp³-hybridized carbons (Fsp3) is 1.00. The predicted molar refractivity (Wildman–Crippen MR) is 58.4 cm³/mol. The third-order valence-corrected chi connectivity index (χ3v) is 4.12. The monoisotopic (exact) mass is 197 g/mol. The Kier molecular flexibility index (Phi) is 3.45. The number of rotatable bonds is 5. The minimum atomic E-state index is 0.617. The zero-order valence-corrected chi connectivity index (χ0v) is 9.35. The molecule has 82 valence electrons. The lowest BCUT2D eigenvalue weighted by Gasteiger charge is -2.47. The van der Waals surface area contributed by atoms with Crippen LogP contribution in [0.4, 0.5) is 0 Å². The van der Waals surface area contributed by atoms with Crippen molar-refractivity contribution in [3.63, 3.8) is 0 Å². The molecule has 2 nitrogen and oxygen atoms in total. The molecular formula is C12H23NO. The van der Waals surface area contributed by atoms with Crippen LogP contribution in [0.1, 0.15) is 39.0 Å². The molecule has 0 atom stereocenters.